The van der Waals surface area contributed by atoms with Gasteiger partial charge >= 0.3 is 0 Å². The Hall–Kier alpha value is -1.29. The number of fused-ring (bicyclic) bond motifs is 1. The molecule has 1 N–H and O–H groups in total. The fraction of sp³-hybridized carbons (Fsp3) is 0.375. The Morgan fingerprint density at radius 2 is 2.17 bits per heavy atom. The summed E-state index contributed by atoms with van der Waals surface area (Å²) >= 11 is 0. The van der Waals surface area contributed by atoms with Crippen molar-refractivity contribution in [1.82, 2.24) is 5.06 Å². The summed E-state index contributed by atoms with van der Waals surface area (Å²) in [6, 6.07) is -0.479. The van der Waals surface area contributed by atoms with Crippen molar-refractivity contribution in [1.29, 1.82) is 0 Å². The quantitative estimate of drug-likeness (QED) is 0.420. The molecule has 0 spiro atoms. The van der Waals surface area contributed by atoms with Gasteiger partial charge in [0, 0.05) is 6.92 Å². The summed E-state index contributed by atoms with van der Waals surface area (Å²) in [5.74, 6) is 0.348. The molecule has 2 aliphatic rings. The zero-order valence-electron chi connectivity index (χ0n) is 6.71. The van der Waals surface area contributed by atoms with Gasteiger partial charge in [-0.2, -0.15) is 0 Å². The molecule has 1 aliphatic heterocycles. The van der Waals surface area contributed by atoms with E-state index >= 15 is 0 Å². The molecule has 12 heavy (non-hydrogen) atoms. The second-order valence-electron chi connectivity index (χ2n) is 2.97. The molecule has 0 aromatic heterocycles. The van der Waals surface area contributed by atoms with E-state index in [2.05, 4.69) is 0 Å². The first kappa shape index (κ1) is 7.36. The van der Waals surface area contributed by atoms with Crippen molar-refractivity contribution in [3.05, 3.63) is 29.5 Å². The molecule has 0 bridgehead atoms. The monoisotopic (exact) mass is 166 g/mol. The second kappa shape index (κ2) is 2.35. The van der Waals surface area contributed by atoms with Crippen LogP contribution in [0.1, 0.15) is 6.92 Å². The van der Waals surface area contributed by atoms with Crippen LogP contribution in [0, 0.1) is 5.21 Å². The van der Waals surface area contributed by atoms with Gasteiger partial charge in [-0.25, -0.2) is 5.21 Å². The average molecular weight is 166 g/mol. The van der Waals surface area contributed by atoms with Crippen LogP contribution in [-0.4, -0.2) is 32.9 Å². The smallest absolute Gasteiger partial charge is 0.278 e. The second-order valence-corrected chi connectivity index (χ2v) is 2.97. The van der Waals surface area contributed by atoms with Crippen LogP contribution in [0.4, 0.5) is 0 Å². The minimum absolute atomic E-state index is 0.215. The summed E-state index contributed by atoms with van der Waals surface area (Å²) in [5.41, 5.74) is 0. The van der Waals surface area contributed by atoms with Crippen LogP contribution in [0.3, 0.4) is 0 Å². The average Bonchev–Trinajstić information content (AvgIpc) is 2.33. The van der Waals surface area contributed by atoms with Gasteiger partial charge in [-0.15, -0.1) is 5.06 Å². The van der Waals surface area contributed by atoms with Gasteiger partial charge in [0.05, 0.1) is 0 Å². The Kier molecular flexibility index (Phi) is 1.44. The summed E-state index contributed by atoms with van der Waals surface area (Å²) < 4.78 is 0.824. The summed E-state index contributed by atoms with van der Waals surface area (Å²) in [6.45, 7) is 1.60. The fourth-order valence-corrected chi connectivity index (χ4v) is 1.56. The number of allylic oxidation sites excluding steroid dienone is 2. The van der Waals surface area contributed by atoms with Gasteiger partial charge in [-0.3, -0.25) is 4.74 Å². The van der Waals surface area contributed by atoms with Gasteiger partial charge in [0.25, 0.3) is 5.84 Å². The molecule has 4 nitrogen and oxygen atoms in total. The lowest BCUT2D eigenvalue weighted by atomic mass is 10.1. The first-order chi connectivity index (χ1) is 5.72. The van der Waals surface area contributed by atoms with Gasteiger partial charge in [0.2, 0.25) is 0 Å². The van der Waals surface area contributed by atoms with E-state index in [0.717, 1.165) is 9.80 Å². The molecule has 0 saturated heterocycles. The Morgan fingerprint density at radius 3 is 2.83 bits per heavy atom. The minimum Gasteiger partial charge on any atom is -0.715 e. The van der Waals surface area contributed by atoms with Crippen LogP contribution in [0.5, 0.6) is 0 Å². The molecule has 0 amide bonds. The van der Waals surface area contributed by atoms with Crippen molar-refractivity contribution in [2.75, 3.05) is 0 Å². The Morgan fingerprint density at radius 1 is 1.50 bits per heavy atom. The highest BCUT2D eigenvalue weighted by Crippen LogP contribution is 2.19. The highest BCUT2D eigenvalue weighted by atomic mass is 16.5. The van der Waals surface area contributed by atoms with Crippen molar-refractivity contribution in [3.8, 4) is 0 Å². The minimum atomic E-state index is -0.264. The van der Waals surface area contributed by atoms with Crippen LogP contribution in [0.15, 0.2) is 24.3 Å². The van der Waals surface area contributed by atoms with E-state index in [9.17, 15) is 10.4 Å². The molecule has 0 aromatic carbocycles. The Bertz CT molecular complexity index is 293. The normalized spacial score (nSPS) is 33.0. The Balaban J connectivity index is 2.38. The third-order valence-electron chi connectivity index (χ3n) is 2.28. The van der Waals surface area contributed by atoms with Crippen molar-refractivity contribution in [2.24, 2.45) is 0 Å². The van der Waals surface area contributed by atoms with Gasteiger partial charge in [-0.1, -0.05) is 12.2 Å². The SMILES string of the molecule is CC1=[N+]([O-])C2C=CC=CC2N1O. The maximum Gasteiger partial charge on any atom is 0.278 e. The predicted molar refractivity (Wildman–Crippen MR) is 43.8 cm³/mol. The van der Waals surface area contributed by atoms with E-state index in [1.54, 1.807) is 13.0 Å². The van der Waals surface area contributed by atoms with Crippen LogP contribution in [-0.2, 0) is 0 Å². The van der Waals surface area contributed by atoms with Crippen molar-refractivity contribution in [3.63, 3.8) is 0 Å². The number of rotatable bonds is 0. The number of hydrogen-bond donors (Lipinski definition) is 1. The molecule has 2 atom stereocenters. The van der Waals surface area contributed by atoms with Crippen molar-refractivity contribution >= 4 is 5.84 Å². The van der Waals surface area contributed by atoms with Gasteiger partial charge in [0.15, 0.2) is 12.1 Å². The third kappa shape index (κ3) is 0.783. The van der Waals surface area contributed by atoms with Crippen LogP contribution in [0.2, 0.25) is 0 Å². The van der Waals surface area contributed by atoms with E-state index < -0.39 is 0 Å². The first-order valence-corrected chi connectivity index (χ1v) is 3.85. The van der Waals surface area contributed by atoms with E-state index in [4.69, 9.17) is 0 Å². The summed E-state index contributed by atoms with van der Waals surface area (Å²) in [4.78, 5) is 0. The first-order valence-electron chi connectivity index (χ1n) is 3.85. The maximum atomic E-state index is 11.3. The van der Waals surface area contributed by atoms with E-state index in [1.807, 2.05) is 18.2 Å². The number of nitrogens with zero attached hydrogens (tertiary/aromatic N) is 2. The van der Waals surface area contributed by atoms with Crippen molar-refractivity contribution < 1.29 is 9.95 Å². The zero-order valence-corrected chi connectivity index (χ0v) is 6.71. The molecule has 0 fully saturated rings. The van der Waals surface area contributed by atoms with E-state index in [-0.39, 0.29) is 12.1 Å². The highest BCUT2D eigenvalue weighted by molar-refractivity contribution is 5.76. The molecule has 1 aliphatic carbocycles. The highest BCUT2D eigenvalue weighted by Gasteiger charge is 2.41. The number of hydrogen-bond acceptors (Lipinski definition) is 3. The van der Waals surface area contributed by atoms with Gasteiger partial charge < -0.3 is 5.21 Å². The fourth-order valence-electron chi connectivity index (χ4n) is 1.56. The summed E-state index contributed by atoms with van der Waals surface area (Å²) in [5, 5.41) is 21.8. The molecule has 64 valence electrons. The largest absolute Gasteiger partial charge is 0.715 e. The molecule has 4 heteroatoms. The standard InChI is InChI=1S/C8H10N2O2/c1-6-9(11)7-4-2-3-5-8(7)10(6)12/h2-5,7-8,11H,1H3. The lowest BCUT2D eigenvalue weighted by Gasteiger charge is -2.16. The maximum absolute atomic E-state index is 11.3. The number of hydroxylamine groups is 3. The van der Waals surface area contributed by atoms with Crippen molar-refractivity contribution in [2.45, 2.75) is 19.0 Å². The van der Waals surface area contributed by atoms with Crippen LogP contribution >= 0.6 is 0 Å². The lowest BCUT2D eigenvalue weighted by Crippen LogP contribution is -2.35. The van der Waals surface area contributed by atoms with E-state index in [0.29, 0.717) is 5.84 Å². The zero-order chi connectivity index (χ0) is 8.72. The predicted octanol–water partition coefficient (Wildman–Crippen LogP) is 0.483. The molecule has 0 aromatic rings. The molecule has 1 heterocycles. The molecule has 2 rings (SSSR count). The topological polar surface area (TPSA) is 49.5 Å². The Labute approximate surface area is 70.3 Å². The third-order valence-corrected chi connectivity index (χ3v) is 2.28. The number of amidine groups is 1. The lowest BCUT2D eigenvalue weighted by molar-refractivity contribution is -0.479. The van der Waals surface area contributed by atoms with Gasteiger partial charge in [-0.05, 0) is 12.2 Å². The van der Waals surface area contributed by atoms with Gasteiger partial charge in [0.1, 0.15) is 0 Å². The summed E-state index contributed by atoms with van der Waals surface area (Å²) in [7, 11) is 0. The molecule has 0 radical (unpaired) electrons. The molecule has 2 unspecified atom stereocenters. The molecule has 0 saturated carbocycles. The molecular weight excluding hydrogens is 156 g/mol. The van der Waals surface area contributed by atoms with Crippen LogP contribution < -0.4 is 0 Å². The van der Waals surface area contributed by atoms with E-state index in [1.165, 1.54) is 0 Å². The van der Waals surface area contributed by atoms with Crippen LogP contribution in [0.25, 0.3) is 0 Å². The summed E-state index contributed by atoms with van der Waals surface area (Å²) in [6.07, 6.45) is 7.25. The molecular formula is C8H10N2O2.